The van der Waals surface area contributed by atoms with Crippen molar-refractivity contribution in [2.75, 3.05) is 5.75 Å². The Morgan fingerprint density at radius 1 is 1.04 bits per heavy atom. The van der Waals surface area contributed by atoms with Crippen LogP contribution in [0.1, 0.15) is 21.5 Å². The summed E-state index contributed by atoms with van der Waals surface area (Å²) in [4.78, 5) is 31.4. The molecule has 0 saturated carbocycles. The Morgan fingerprint density at radius 2 is 1.80 bits per heavy atom. The minimum absolute atomic E-state index is 0.0147. The summed E-state index contributed by atoms with van der Waals surface area (Å²) in [6.45, 7) is 4.00. The van der Waals surface area contributed by atoms with Crippen LogP contribution < -0.4 is 5.56 Å². The third-order valence-corrected chi connectivity index (χ3v) is 4.83. The van der Waals surface area contributed by atoms with E-state index in [0.717, 1.165) is 16.7 Å². The van der Waals surface area contributed by atoms with E-state index in [4.69, 9.17) is 0 Å². The van der Waals surface area contributed by atoms with Gasteiger partial charge in [-0.25, -0.2) is 4.98 Å². The van der Waals surface area contributed by atoms with E-state index < -0.39 is 0 Å². The number of ketones is 1. The number of nitrogens with one attached hydrogen (secondary N) is 1. The lowest BCUT2D eigenvalue weighted by molar-refractivity contribution is 0.102. The van der Waals surface area contributed by atoms with Crippen molar-refractivity contribution in [2.45, 2.75) is 19.0 Å². The molecule has 0 fully saturated rings. The Bertz CT molecular complexity index is 965. The number of aryl methyl sites for hydroxylation is 2. The zero-order valence-corrected chi connectivity index (χ0v) is 14.9. The Hall–Kier alpha value is -2.66. The van der Waals surface area contributed by atoms with Gasteiger partial charge in [-0.15, -0.1) is 0 Å². The van der Waals surface area contributed by atoms with Crippen molar-refractivity contribution in [2.24, 2.45) is 0 Å². The molecule has 0 amide bonds. The average molecular weight is 350 g/mol. The van der Waals surface area contributed by atoms with Crippen molar-refractivity contribution in [3.05, 3.63) is 81.6 Å². The molecule has 0 radical (unpaired) electrons. The standard InChI is InChI=1S/C20H18N2O2S/c1-13-8-9-16(10-14(13)2)18(23)12-25-20-21-17(11-19(24)22-20)15-6-4-3-5-7-15/h3-11H,12H2,1-2H3,(H,21,22,24). The largest absolute Gasteiger partial charge is 0.301 e. The number of rotatable bonds is 5. The van der Waals surface area contributed by atoms with E-state index in [-0.39, 0.29) is 17.1 Å². The van der Waals surface area contributed by atoms with Gasteiger partial charge in [-0.3, -0.25) is 9.59 Å². The third kappa shape index (κ3) is 4.25. The molecular formula is C20H18N2O2S. The van der Waals surface area contributed by atoms with Crippen molar-refractivity contribution in [1.29, 1.82) is 0 Å². The summed E-state index contributed by atoms with van der Waals surface area (Å²) in [6.07, 6.45) is 0. The number of carbonyl (C=O) groups excluding carboxylic acids is 1. The van der Waals surface area contributed by atoms with Crippen molar-refractivity contribution in [3.8, 4) is 11.3 Å². The molecule has 0 aliphatic rings. The predicted molar refractivity (Wildman–Crippen MR) is 101 cm³/mol. The molecule has 1 N–H and O–H groups in total. The normalized spacial score (nSPS) is 10.6. The van der Waals surface area contributed by atoms with Crippen molar-refractivity contribution >= 4 is 17.5 Å². The number of carbonyl (C=O) groups is 1. The number of aromatic nitrogens is 2. The second kappa shape index (κ2) is 7.49. The number of benzene rings is 2. The molecule has 1 heterocycles. The van der Waals surface area contributed by atoms with Gasteiger partial charge in [0.2, 0.25) is 0 Å². The Kier molecular flexibility index (Phi) is 5.14. The highest BCUT2D eigenvalue weighted by molar-refractivity contribution is 7.99. The first kappa shape index (κ1) is 17.2. The van der Waals surface area contributed by atoms with Crippen LogP contribution in [0.25, 0.3) is 11.3 Å². The molecule has 126 valence electrons. The number of Topliss-reactive ketones (excluding diaryl/α,β-unsaturated/α-hetero) is 1. The van der Waals surface area contributed by atoms with Gasteiger partial charge >= 0.3 is 0 Å². The SMILES string of the molecule is Cc1ccc(C(=O)CSc2nc(-c3ccccc3)cc(=O)[nH]2)cc1C. The fraction of sp³-hybridized carbons (Fsp3) is 0.150. The summed E-state index contributed by atoms with van der Waals surface area (Å²) in [5.41, 5.74) is 4.17. The van der Waals surface area contributed by atoms with E-state index in [0.29, 0.717) is 16.4 Å². The lowest BCUT2D eigenvalue weighted by Gasteiger charge is -2.06. The maximum Gasteiger partial charge on any atom is 0.252 e. The molecule has 0 spiro atoms. The number of hydrogen-bond acceptors (Lipinski definition) is 4. The topological polar surface area (TPSA) is 62.8 Å². The van der Waals surface area contributed by atoms with E-state index in [1.807, 2.05) is 62.4 Å². The van der Waals surface area contributed by atoms with E-state index >= 15 is 0 Å². The lowest BCUT2D eigenvalue weighted by atomic mass is 10.0. The fourth-order valence-corrected chi connectivity index (χ4v) is 3.16. The number of H-pyrrole nitrogens is 1. The summed E-state index contributed by atoms with van der Waals surface area (Å²) >= 11 is 1.24. The molecule has 5 heteroatoms. The summed E-state index contributed by atoms with van der Waals surface area (Å²) in [5.74, 6) is 0.241. The van der Waals surface area contributed by atoms with Gasteiger partial charge in [-0.05, 0) is 31.0 Å². The minimum Gasteiger partial charge on any atom is -0.301 e. The first-order chi connectivity index (χ1) is 12.0. The van der Waals surface area contributed by atoms with E-state index in [1.54, 1.807) is 0 Å². The third-order valence-electron chi connectivity index (χ3n) is 3.96. The van der Waals surface area contributed by atoms with E-state index in [2.05, 4.69) is 9.97 Å². The van der Waals surface area contributed by atoms with Gasteiger partial charge in [0.05, 0.1) is 11.4 Å². The molecule has 2 aromatic carbocycles. The van der Waals surface area contributed by atoms with Crippen LogP contribution in [0, 0.1) is 13.8 Å². The van der Waals surface area contributed by atoms with Gasteiger partial charge < -0.3 is 4.98 Å². The highest BCUT2D eigenvalue weighted by atomic mass is 32.2. The number of hydrogen-bond donors (Lipinski definition) is 1. The highest BCUT2D eigenvalue weighted by Gasteiger charge is 2.10. The molecule has 0 aliphatic carbocycles. The predicted octanol–water partition coefficient (Wildman–Crippen LogP) is 4.03. The van der Waals surface area contributed by atoms with Crippen LogP contribution in [-0.2, 0) is 0 Å². The molecule has 1 aromatic heterocycles. The van der Waals surface area contributed by atoms with Gasteiger partial charge in [-0.1, -0.05) is 54.2 Å². The van der Waals surface area contributed by atoms with Gasteiger partial charge in [0.1, 0.15) is 0 Å². The van der Waals surface area contributed by atoms with E-state index in [9.17, 15) is 9.59 Å². The summed E-state index contributed by atoms with van der Waals surface area (Å²) in [7, 11) is 0. The quantitative estimate of drug-likeness (QED) is 0.429. The second-order valence-electron chi connectivity index (χ2n) is 5.81. The average Bonchev–Trinajstić information content (AvgIpc) is 2.62. The summed E-state index contributed by atoms with van der Waals surface area (Å²) in [6, 6.07) is 16.6. The fourth-order valence-electron chi connectivity index (χ4n) is 2.39. The van der Waals surface area contributed by atoms with Crippen LogP contribution >= 0.6 is 11.8 Å². The Balaban J connectivity index is 1.77. The van der Waals surface area contributed by atoms with Crippen LogP contribution in [0.4, 0.5) is 0 Å². The molecule has 3 rings (SSSR count). The van der Waals surface area contributed by atoms with Gasteiger partial charge in [0, 0.05) is 17.2 Å². The lowest BCUT2D eigenvalue weighted by Crippen LogP contribution is -2.10. The van der Waals surface area contributed by atoms with Crippen LogP contribution in [0.5, 0.6) is 0 Å². The minimum atomic E-state index is -0.227. The van der Waals surface area contributed by atoms with Crippen molar-refractivity contribution in [3.63, 3.8) is 0 Å². The van der Waals surface area contributed by atoms with Crippen LogP contribution in [0.15, 0.2) is 64.5 Å². The smallest absolute Gasteiger partial charge is 0.252 e. The van der Waals surface area contributed by atoms with Gasteiger partial charge in [0.15, 0.2) is 10.9 Å². The molecule has 0 bridgehead atoms. The molecular weight excluding hydrogens is 332 g/mol. The number of thioether (sulfide) groups is 1. The van der Waals surface area contributed by atoms with Crippen LogP contribution in [-0.4, -0.2) is 21.5 Å². The number of nitrogens with zero attached hydrogens (tertiary/aromatic N) is 1. The van der Waals surface area contributed by atoms with Crippen molar-refractivity contribution in [1.82, 2.24) is 9.97 Å². The zero-order chi connectivity index (χ0) is 17.8. The first-order valence-electron chi connectivity index (χ1n) is 7.93. The highest BCUT2D eigenvalue weighted by Crippen LogP contribution is 2.20. The van der Waals surface area contributed by atoms with Gasteiger partial charge in [-0.2, -0.15) is 0 Å². The Labute approximate surface area is 150 Å². The van der Waals surface area contributed by atoms with Crippen LogP contribution in [0.3, 0.4) is 0 Å². The van der Waals surface area contributed by atoms with Crippen LogP contribution in [0.2, 0.25) is 0 Å². The van der Waals surface area contributed by atoms with E-state index in [1.165, 1.54) is 17.8 Å². The molecule has 0 aliphatic heterocycles. The zero-order valence-electron chi connectivity index (χ0n) is 14.1. The molecule has 0 saturated heterocycles. The number of aromatic amines is 1. The Morgan fingerprint density at radius 3 is 2.52 bits per heavy atom. The maximum absolute atomic E-state index is 12.4. The molecule has 0 atom stereocenters. The molecule has 25 heavy (non-hydrogen) atoms. The molecule has 3 aromatic rings. The summed E-state index contributed by atoms with van der Waals surface area (Å²) < 4.78 is 0. The monoisotopic (exact) mass is 350 g/mol. The second-order valence-corrected chi connectivity index (χ2v) is 6.78. The summed E-state index contributed by atoms with van der Waals surface area (Å²) in [5, 5.41) is 0.448. The van der Waals surface area contributed by atoms with Crippen molar-refractivity contribution < 1.29 is 4.79 Å². The first-order valence-corrected chi connectivity index (χ1v) is 8.91. The maximum atomic E-state index is 12.4. The molecule has 4 nitrogen and oxygen atoms in total. The van der Waals surface area contributed by atoms with Gasteiger partial charge in [0.25, 0.3) is 5.56 Å². The molecule has 0 unspecified atom stereocenters.